The standard InChI is InChI=1S/C47H80O2/c1-36(2)37(3)25-26-38(4)41-30-33-47(7)43-28-27-40-35-39(29-32-45(40,5)42(43)31-34-46(41,47)6)23-21-19-17-15-13-11-9-8-10-12-14-16-18-20-22-24-44(48)49/h8,10,25-26,36-41H,9,11-24,27-35H2,1-7H3,(H,48,49)/b10-8-,26-25?/t37-,38+,39?,40?,41+,45-,46+,47-/m0/s1. The van der Waals surface area contributed by atoms with Crippen molar-refractivity contribution >= 4 is 5.97 Å². The van der Waals surface area contributed by atoms with Gasteiger partial charge in [-0.1, -0.05) is 142 Å². The lowest BCUT2D eigenvalue weighted by Gasteiger charge is -2.59. The van der Waals surface area contributed by atoms with E-state index in [0.717, 1.165) is 36.5 Å². The second kappa shape index (κ2) is 19.0. The first-order valence-corrected chi connectivity index (χ1v) is 21.7. The summed E-state index contributed by atoms with van der Waals surface area (Å²) in [6.07, 6.45) is 41.2. The average Bonchev–Trinajstić information content (AvgIpc) is 3.35. The fourth-order valence-electron chi connectivity index (χ4n) is 11.5. The normalized spacial score (nSPS) is 32.9. The molecule has 280 valence electrons. The third-order valence-corrected chi connectivity index (χ3v) is 15.5. The van der Waals surface area contributed by atoms with Gasteiger partial charge in [0.15, 0.2) is 0 Å². The lowest BCUT2D eigenvalue weighted by molar-refractivity contribution is -0.137. The molecule has 2 nitrogen and oxygen atoms in total. The van der Waals surface area contributed by atoms with Crippen LogP contribution in [0.25, 0.3) is 0 Å². The van der Waals surface area contributed by atoms with Gasteiger partial charge in [-0.2, -0.15) is 0 Å². The van der Waals surface area contributed by atoms with Gasteiger partial charge < -0.3 is 5.11 Å². The molecule has 2 fully saturated rings. The molecule has 8 atom stereocenters. The Morgan fingerprint density at radius 3 is 2.02 bits per heavy atom. The summed E-state index contributed by atoms with van der Waals surface area (Å²) in [6.45, 7) is 17.8. The van der Waals surface area contributed by atoms with Crippen LogP contribution in [-0.2, 0) is 4.79 Å². The third kappa shape index (κ3) is 10.2. The van der Waals surface area contributed by atoms with E-state index in [1.807, 2.05) is 11.1 Å². The van der Waals surface area contributed by atoms with E-state index < -0.39 is 5.97 Å². The van der Waals surface area contributed by atoms with Gasteiger partial charge in [0.2, 0.25) is 0 Å². The van der Waals surface area contributed by atoms with Crippen molar-refractivity contribution in [2.45, 2.75) is 203 Å². The predicted octanol–water partition coefficient (Wildman–Crippen LogP) is 14.7. The molecule has 4 aliphatic rings. The molecule has 0 aliphatic heterocycles. The molecule has 0 aromatic rings. The molecule has 0 aromatic heterocycles. The highest BCUT2D eigenvalue weighted by atomic mass is 16.4. The fraction of sp³-hybridized carbons (Fsp3) is 0.851. The zero-order valence-corrected chi connectivity index (χ0v) is 33.6. The third-order valence-electron chi connectivity index (χ3n) is 15.5. The van der Waals surface area contributed by atoms with Gasteiger partial charge in [-0.05, 0) is 142 Å². The van der Waals surface area contributed by atoms with Crippen LogP contribution < -0.4 is 0 Å². The van der Waals surface area contributed by atoms with E-state index in [1.165, 1.54) is 135 Å². The molecule has 4 rings (SSSR count). The molecular formula is C47H80O2. The van der Waals surface area contributed by atoms with E-state index >= 15 is 0 Å². The first-order chi connectivity index (χ1) is 23.4. The van der Waals surface area contributed by atoms with E-state index in [9.17, 15) is 4.79 Å². The monoisotopic (exact) mass is 677 g/mol. The minimum atomic E-state index is -0.658. The van der Waals surface area contributed by atoms with Crippen molar-refractivity contribution < 1.29 is 9.90 Å². The molecule has 49 heavy (non-hydrogen) atoms. The Bertz CT molecular complexity index is 1110. The molecule has 0 spiro atoms. The van der Waals surface area contributed by atoms with Crippen molar-refractivity contribution in [2.75, 3.05) is 0 Å². The summed E-state index contributed by atoms with van der Waals surface area (Å²) < 4.78 is 0. The maximum Gasteiger partial charge on any atom is 0.303 e. The number of aliphatic carboxylic acids is 1. The smallest absolute Gasteiger partial charge is 0.303 e. The Hall–Kier alpha value is -1.31. The highest BCUT2D eigenvalue weighted by molar-refractivity contribution is 5.66. The topological polar surface area (TPSA) is 37.3 Å². The molecule has 0 saturated heterocycles. The summed E-state index contributed by atoms with van der Waals surface area (Å²) in [5, 5.41) is 8.70. The molecule has 2 saturated carbocycles. The van der Waals surface area contributed by atoms with Gasteiger partial charge >= 0.3 is 5.97 Å². The quantitative estimate of drug-likeness (QED) is 0.0970. The predicted molar refractivity (Wildman–Crippen MR) is 212 cm³/mol. The maximum atomic E-state index is 10.6. The van der Waals surface area contributed by atoms with E-state index in [4.69, 9.17) is 5.11 Å². The first kappa shape index (κ1) is 40.5. The SMILES string of the molecule is CC(C)[C@@H](C)C=C[C@@H](C)[C@H]1CC[C@@]2(C)C3=C(CC[C@]12C)[C@@]1(C)CCC(CCCCCCCC/C=C\CCCCCCCC(=O)O)CC1CC3. The van der Waals surface area contributed by atoms with Crippen LogP contribution in [0.1, 0.15) is 203 Å². The molecule has 0 radical (unpaired) electrons. The first-order valence-electron chi connectivity index (χ1n) is 21.7. The zero-order chi connectivity index (χ0) is 35.5. The molecule has 1 N–H and O–H groups in total. The van der Waals surface area contributed by atoms with Crippen molar-refractivity contribution in [3.05, 3.63) is 35.5 Å². The molecule has 0 aromatic carbocycles. The van der Waals surface area contributed by atoms with E-state index in [-0.39, 0.29) is 0 Å². The summed E-state index contributed by atoms with van der Waals surface area (Å²) in [4.78, 5) is 10.6. The second-order valence-corrected chi connectivity index (χ2v) is 18.9. The fourth-order valence-corrected chi connectivity index (χ4v) is 11.5. The van der Waals surface area contributed by atoms with Crippen LogP contribution in [0.5, 0.6) is 0 Å². The highest BCUT2D eigenvalue weighted by Gasteiger charge is 2.61. The molecule has 0 bridgehead atoms. The Balaban J connectivity index is 1.13. The minimum absolute atomic E-state index is 0.330. The van der Waals surface area contributed by atoms with Gasteiger partial charge in [0, 0.05) is 6.42 Å². The molecule has 0 amide bonds. The van der Waals surface area contributed by atoms with Crippen molar-refractivity contribution in [1.82, 2.24) is 0 Å². The number of carboxylic acid groups (broad SMARTS) is 1. The van der Waals surface area contributed by atoms with Crippen LogP contribution in [0.3, 0.4) is 0 Å². The number of hydrogen-bond donors (Lipinski definition) is 1. The molecule has 0 heterocycles. The number of carbonyl (C=O) groups is 1. The Morgan fingerprint density at radius 2 is 1.37 bits per heavy atom. The van der Waals surface area contributed by atoms with E-state index in [0.29, 0.717) is 34.5 Å². The zero-order valence-electron chi connectivity index (χ0n) is 33.6. The van der Waals surface area contributed by atoms with Crippen LogP contribution in [0, 0.1) is 51.8 Å². The summed E-state index contributed by atoms with van der Waals surface area (Å²) in [7, 11) is 0. The summed E-state index contributed by atoms with van der Waals surface area (Å²) in [5.41, 5.74) is 5.30. The van der Waals surface area contributed by atoms with Gasteiger partial charge in [-0.25, -0.2) is 0 Å². The van der Waals surface area contributed by atoms with Gasteiger partial charge in [-0.3, -0.25) is 4.79 Å². The number of allylic oxidation sites excluding steroid dienone is 6. The van der Waals surface area contributed by atoms with Crippen LogP contribution in [-0.4, -0.2) is 11.1 Å². The van der Waals surface area contributed by atoms with Gasteiger partial charge in [0.05, 0.1) is 0 Å². The minimum Gasteiger partial charge on any atom is -0.481 e. The second-order valence-electron chi connectivity index (χ2n) is 18.9. The van der Waals surface area contributed by atoms with Crippen molar-refractivity contribution in [1.29, 1.82) is 0 Å². The van der Waals surface area contributed by atoms with E-state index in [2.05, 4.69) is 72.8 Å². The molecule has 4 aliphatic carbocycles. The van der Waals surface area contributed by atoms with Crippen LogP contribution in [0.15, 0.2) is 35.5 Å². The van der Waals surface area contributed by atoms with Crippen molar-refractivity contribution in [2.24, 2.45) is 51.8 Å². The highest BCUT2D eigenvalue weighted by Crippen LogP contribution is 2.71. The number of fused-ring (bicyclic) bond motifs is 4. The van der Waals surface area contributed by atoms with Gasteiger partial charge in [0.25, 0.3) is 0 Å². The van der Waals surface area contributed by atoms with Gasteiger partial charge in [0.1, 0.15) is 0 Å². The van der Waals surface area contributed by atoms with Crippen LogP contribution in [0.2, 0.25) is 0 Å². The molecule has 2 unspecified atom stereocenters. The average molecular weight is 677 g/mol. The number of carboxylic acids is 1. The number of rotatable bonds is 21. The van der Waals surface area contributed by atoms with Crippen molar-refractivity contribution in [3.8, 4) is 0 Å². The maximum absolute atomic E-state index is 10.6. The van der Waals surface area contributed by atoms with Crippen molar-refractivity contribution in [3.63, 3.8) is 0 Å². The van der Waals surface area contributed by atoms with E-state index in [1.54, 1.807) is 0 Å². The lowest BCUT2D eigenvalue weighted by atomic mass is 9.46. The van der Waals surface area contributed by atoms with Crippen LogP contribution in [0.4, 0.5) is 0 Å². The number of unbranched alkanes of at least 4 members (excludes halogenated alkanes) is 11. The van der Waals surface area contributed by atoms with Crippen LogP contribution >= 0.6 is 0 Å². The Morgan fingerprint density at radius 1 is 0.735 bits per heavy atom. The molecule has 2 heteroatoms. The lowest BCUT2D eigenvalue weighted by Crippen LogP contribution is -2.49. The number of hydrogen-bond acceptors (Lipinski definition) is 1. The molecular weight excluding hydrogens is 597 g/mol. The summed E-state index contributed by atoms with van der Waals surface area (Å²) in [5.74, 6) is 4.19. The largest absolute Gasteiger partial charge is 0.481 e. The summed E-state index contributed by atoms with van der Waals surface area (Å²) in [6, 6.07) is 0. The Kier molecular flexibility index (Phi) is 15.7. The Labute approximate surface area is 304 Å². The van der Waals surface area contributed by atoms with Gasteiger partial charge in [-0.15, -0.1) is 0 Å². The summed E-state index contributed by atoms with van der Waals surface area (Å²) >= 11 is 0.